The normalized spacial score (nSPS) is 10.8. The van der Waals surface area contributed by atoms with E-state index in [-0.39, 0.29) is 16.5 Å². The van der Waals surface area contributed by atoms with Crippen LogP contribution in [0.5, 0.6) is 0 Å². The molecule has 10 heteroatoms. The molecule has 0 aliphatic rings. The summed E-state index contributed by atoms with van der Waals surface area (Å²) in [5, 5.41) is 14.3. The molecular formula is C8H9N5O4S. The Kier molecular flexibility index (Phi) is 4.32. The van der Waals surface area contributed by atoms with Crippen molar-refractivity contribution in [2.45, 2.75) is 6.92 Å². The Balaban J connectivity index is 2.71. The number of hydrogen-bond acceptors (Lipinski definition) is 5. The van der Waals surface area contributed by atoms with E-state index in [0.717, 1.165) is 6.20 Å². The number of thiocarbonyl (C=S) groups is 1. The maximum absolute atomic E-state index is 11.3. The molecule has 0 aromatic carbocycles. The van der Waals surface area contributed by atoms with Gasteiger partial charge in [0.2, 0.25) is 0 Å². The fourth-order valence-electron chi connectivity index (χ4n) is 0.835. The molecule has 0 saturated heterocycles. The first kappa shape index (κ1) is 13.6. The van der Waals surface area contributed by atoms with Gasteiger partial charge in [0.05, 0.1) is 0 Å². The van der Waals surface area contributed by atoms with Crippen molar-refractivity contribution in [1.82, 2.24) is 15.4 Å². The Morgan fingerprint density at radius 1 is 1.50 bits per heavy atom. The van der Waals surface area contributed by atoms with Gasteiger partial charge < -0.3 is 15.4 Å². The number of aromatic amines is 2. The second kappa shape index (κ2) is 5.72. The van der Waals surface area contributed by atoms with Crippen LogP contribution in [0.1, 0.15) is 6.92 Å². The van der Waals surface area contributed by atoms with Gasteiger partial charge in [0.1, 0.15) is 11.4 Å². The number of aromatic nitrogens is 2. The van der Waals surface area contributed by atoms with Crippen LogP contribution in [0.2, 0.25) is 0 Å². The Morgan fingerprint density at radius 2 is 2.17 bits per heavy atom. The number of rotatable bonds is 3. The standard InChI is InChI=1S/C8H9N5O4S/c1-3(6(15)16)12-13-8(18)10-4-2-9-7(17)11-5(4)14/h2H,1H3,(H,15,16)(H2,10,13,18)(H2,9,11,14,17)/b12-3+. The molecule has 0 spiro atoms. The summed E-state index contributed by atoms with van der Waals surface area (Å²) in [6.07, 6.45) is 1.13. The van der Waals surface area contributed by atoms with Gasteiger partial charge in [0.15, 0.2) is 5.11 Å². The lowest BCUT2D eigenvalue weighted by atomic mass is 10.4. The SMILES string of the molecule is C/C(=N\NC(=S)Nc1c[nH]c(=O)[nH]c1=O)C(=O)O. The van der Waals surface area contributed by atoms with E-state index in [1.54, 1.807) is 0 Å². The predicted octanol–water partition coefficient (Wildman–Crippen LogP) is -1.19. The zero-order valence-electron chi connectivity index (χ0n) is 9.10. The maximum atomic E-state index is 11.3. The lowest BCUT2D eigenvalue weighted by Crippen LogP contribution is -2.31. The molecule has 0 aliphatic heterocycles. The molecule has 0 atom stereocenters. The summed E-state index contributed by atoms with van der Waals surface area (Å²) in [4.78, 5) is 36.7. The first-order valence-electron chi connectivity index (χ1n) is 4.56. The van der Waals surface area contributed by atoms with Crippen molar-refractivity contribution in [1.29, 1.82) is 0 Å². The fraction of sp³-hybridized carbons (Fsp3) is 0.125. The molecule has 0 radical (unpaired) electrons. The largest absolute Gasteiger partial charge is 0.477 e. The van der Waals surface area contributed by atoms with Crippen molar-refractivity contribution in [3.63, 3.8) is 0 Å². The molecule has 1 aromatic rings. The van der Waals surface area contributed by atoms with E-state index >= 15 is 0 Å². The van der Waals surface area contributed by atoms with Crippen molar-refractivity contribution < 1.29 is 9.90 Å². The Bertz CT molecular complexity index is 616. The van der Waals surface area contributed by atoms with Crippen molar-refractivity contribution in [2.75, 3.05) is 5.32 Å². The average molecular weight is 271 g/mol. The second-order valence-corrected chi connectivity index (χ2v) is 3.46. The summed E-state index contributed by atoms with van der Waals surface area (Å²) in [5.41, 5.74) is 0.719. The number of nitrogens with one attached hydrogen (secondary N) is 4. The highest BCUT2D eigenvalue weighted by molar-refractivity contribution is 7.80. The minimum Gasteiger partial charge on any atom is -0.477 e. The smallest absolute Gasteiger partial charge is 0.351 e. The summed E-state index contributed by atoms with van der Waals surface area (Å²) in [5.74, 6) is -1.20. The Labute approximate surface area is 105 Å². The van der Waals surface area contributed by atoms with Gasteiger partial charge >= 0.3 is 11.7 Å². The monoisotopic (exact) mass is 271 g/mol. The number of nitrogens with zero attached hydrogens (tertiary/aromatic N) is 1. The summed E-state index contributed by atoms with van der Waals surface area (Å²) in [6.45, 7) is 1.27. The topological polar surface area (TPSA) is 139 Å². The van der Waals surface area contributed by atoms with Crippen LogP contribution in [0.4, 0.5) is 5.69 Å². The molecule has 1 rings (SSSR count). The third-order valence-corrected chi connectivity index (χ3v) is 1.90. The molecule has 5 N–H and O–H groups in total. The molecule has 18 heavy (non-hydrogen) atoms. The van der Waals surface area contributed by atoms with Crippen LogP contribution in [-0.4, -0.2) is 31.9 Å². The molecule has 0 aliphatic carbocycles. The molecule has 0 bridgehead atoms. The lowest BCUT2D eigenvalue weighted by Gasteiger charge is -2.05. The van der Waals surface area contributed by atoms with E-state index in [2.05, 4.69) is 20.8 Å². The molecule has 0 saturated carbocycles. The molecule has 1 heterocycles. The molecule has 9 nitrogen and oxygen atoms in total. The van der Waals surface area contributed by atoms with Gasteiger partial charge in [-0.05, 0) is 19.1 Å². The van der Waals surface area contributed by atoms with E-state index in [1.807, 2.05) is 4.98 Å². The number of H-pyrrole nitrogens is 2. The van der Waals surface area contributed by atoms with Gasteiger partial charge in [0.25, 0.3) is 5.56 Å². The van der Waals surface area contributed by atoms with Crippen LogP contribution < -0.4 is 22.0 Å². The zero-order valence-corrected chi connectivity index (χ0v) is 9.92. The Hall–Kier alpha value is -2.49. The number of anilines is 1. The second-order valence-electron chi connectivity index (χ2n) is 3.05. The summed E-state index contributed by atoms with van der Waals surface area (Å²) in [6, 6.07) is 0. The quantitative estimate of drug-likeness (QED) is 0.264. The number of aliphatic carboxylic acids is 1. The average Bonchev–Trinajstić information content (AvgIpc) is 2.29. The Morgan fingerprint density at radius 3 is 2.72 bits per heavy atom. The molecular weight excluding hydrogens is 262 g/mol. The van der Waals surface area contributed by atoms with E-state index in [4.69, 9.17) is 17.3 Å². The maximum Gasteiger partial charge on any atom is 0.351 e. The van der Waals surface area contributed by atoms with Crippen LogP contribution in [0.15, 0.2) is 20.9 Å². The van der Waals surface area contributed by atoms with Crippen LogP contribution in [0.25, 0.3) is 0 Å². The van der Waals surface area contributed by atoms with Crippen molar-refractivity contribution in [3.8, 4) is 0 Å². The zero-order chi connectivity index (χ0) is 13.7. The number of hydrogen-bond donors (Lipinski definition) is 5. The van der Waals surface area contributed by atoms with Gasteiger partial charge in [-0.2, -0.15) is 5.10 Å². The number of carbonyl (C=O) groups is 1. The van der Waals surface area contributed by atoms with Crippen LogP contribution in [0, 0.1) is 0 Å². The highest BCUT2D eigenvalue weighted by Gasteiger charge is 2.04. The highest BCUT2D eigenvalue weighted by Crippen LogP contribution is 1.91. The van der Waals surface area contributed by atoms with E-state index in [0.29, 0.717) is 0 Å². The van der Waals surface area contributed by atoms with E-state index in [1.165, 1.54) is 6.92 Å². The van der Waals surface area contributed by atoms with E-state index < -0.39 is 17.2 Å². The first-order valence-corrected chi connectivity index (χ1v) is 4.97. The third-order valence-electron chi connectivity index (χ3n) is 1.70. The van der Waals surface area contributed by atoms with Crippen LogP contribution in [0.3, 0.4) is 0 Å². The van der Waals surface area contributed by atoms with Crippen molar-refractivity contribution in [2.24, 2.45) is 5.10 Å². The van der Waals surface area contributed by atoms with Gasteiger partial charge in [-0.25, -0.2) is 9.59 Å². The highest BCUT2D eigenvalue weighted by atomic mass is 32.1. The van der Waals surface area contributed by atoms with E-state index in [9.17, 15) is 14.4 Å². The third kappa shape index (κ3) is 3.83. The van der Waals surface area contributed by atoms with Crippen molar-refractivity contribution >= 4 is 34.7 Å². The molecule has 0 unspecified atom stereocenters. The number of carboxylic acid groups (broad SMARTS) is 1. The van der Waals surface area contributed by atoms with Crippen LogP contribution in [-0.2, 0) is 4.79 Å². The first-order chi connectivity index (χ1) is 8.40. The number of carboxylic acids is 1. The predicted molar refractivity (Wildman–Crippen MR) is 67.8 cm³/mol. The summed E-state index contributed by atoms with van der Waals surface area (Å²) in [7, 11) is 0. The summed E-state index contributed by atoms with van der Waals surface area (Å²) >= 11 is 4.77. The van der Waals surface area contributed by atoms with Crippen LogP contribution >= 0.6 is 12.2 Å². The molecule has 1 aromatic heterocycles. The lowest BCUT2D eigenvalue weighted by molar-refractivity contribution is -0.129. The minimum absolute atomic E-state index is 0.00437. The van der Waals surface area contributed by atoms with Gasteiger partial charge in [-0.3, -0.25) is 15.2 Å². The fourth-order valence-corrected chi connectivity index (χ4v) is 0.991. The number of hydrazone groups is 1. The molecule has 0 fully saturated rings. The molecule has 96 valence electrons. The minimum atomic E-state index is -1.20. The van der Waals surface area contributed by atoms with Crippen molar-refractivity contribution in [3.05, 3.63) is 27.0 Å². The van der Waals surface area contributed by atoms with Gasteiger partial charge in [0, 0.05) is 6.20 Å². The van der Waals surface area contributed by atoms with Gasteiger partial charge in [-0.1, -0.05) is 0 Å². The van der Waals surface area contributed by atoms with Gasteiger partial charge in [-0.15, -0.1) is 0 Å². The molecule has 0 amide bonds. The summed E-state index contributed by atoms with van der Waals surface area (Å²) < 4.78 is 0.